The van der Waals surface area contributed by atoms with Crippen LogP contribution in [0, 0.1) is 5.82 Å². The lowest BCUT2D eigenvalue weighted by molar-refractivity contribution is 0.232. The Balaban J connectivity index is 1.84. The van der Waals surface area contributed by atoms with E-state index in [9.17, 15) is 9.18 Å². The predicted octanol–water partition coefficient (Wildman–Crippen LogP) is 2.97. The van der Waals surface area contributed by atoms with Crippen LogP contribution in [0.5, 0.6) is 5.75 Å². The molecule has 1 fully saturated rings. The maximum atomic E-state index is 13.2. The van der Waals surface area contributed by atoms with E-state index in [4.69, 9.17) is 4.74 Å². The standard InChI is InChI=1S/C15H21FN2O2/c1-20-14-8-7-12(16)9-11(14)10-17-15(19)18-13-5-3-2-4-6-13/h7-9,13H,2-6,10H2,1H3,(H2,17,18,19). The van der Waals surface area contributed by atoms with Gasteiger partial charge in [-0.2, -0.15) is 0 Å². The minimum absolute atomic E-state index is 0.205. The summed E-state index contributed by atoms with van der Waals surface area (Å²) in [7, 11) is 1.53. The first-order chi connectivity index (χ1) is 9.69. The minimum Gasteiger partial charge on any atom is -0.496 e. The van der Waals surface area contributed by atoms with Crippen molar-refractivity contribution >= 4 is 6.03 Å². The highest BCUT2D eigenvalue weighted by molar-refractivity contribution is 5.74. The molecule has 0 unspecified atom stereocenters. The van der Waals surface area contributed by atoms with Gasteiger partial charge in [0.1, 0.15) is 11.6 Å². The maximum absolute atomic E-state index is 13.2. The van der Waals surface area contributed by atoms with Gasteiger partial charge >= 0.3 is 6.03 Å². The Labute approximate surface area is 118 Å². The van der Waals surface area contributed by atoms with Gasteiger partial charge < -0.3 is 15.4 Å². The molecule has 2 rings (SSSR count). The molecule has 1 aliphatic rings. The van der Waals surface area contributed by atoms with Crippen molar-refractivity contribution in [3.05, 3.63) is 29.6 Å². The molecule has 1 aromatic carbocycles. The van der Waals surface area contributed by atoms with Crippen LogP contribution in [0.2, 0.25) is 0 Å². The fraction of sp³-hybridized carbons (Fsp3) is 0.533. The number of nitrogens with one attached hydrogen (secondary N) is 2. The quantitative estimate of drug-likeness (QED) is 0.891. The fourth-order valence-electron chi connectivity index (χ4n) is 2.54. The predicted molar refractivity (Wildman–Crippen MR) is 75.2 cm³/mol. The van der Waals surface area contributed by atoms with E-state index in [1.807, 2.05) is 0 Å². The number of carbonyl (C=O) groups is 1. The van der Waals surface area contributed by atoms with Crippen molar-refractivity contribution < 1.29 is 13.9 Å². The molecule has 20 heavy (non-hydrogen) atoms. The van der Waals surface area contributed by atoms with Gasteiger partial charge in [-0.15, -0.1) is 0 Å². The van der Waals surface area contributed by atoms with Gasteiger partial charge in [-0.1, -0.05) is 19.3 Å². The molecule has 1 aromatic rings. The number of ether oxygens (including phenoxy) is 1. The van der Waals surface area contributed by atoms with Crippen LogP contribution in [0.15, 0.2) is 18.2 Å². The third-order valence-corrected chi connectivity index (χ3v) is 3.62. The Kier molecular flexibility index (Phi) is 5.21. The van der Waals surface area contributed by atoms with Crippen LogP contribution in [0.25, 0.3) is 0 Å². The number of carbonyl (C=O) groups excluding carboxylic acids is 1. The van der Waals surface area contributed by atoms with E-state index >= 15 is 0 Å². The van der Waals surface area contributed by atoms with Crippen molar-refractivity contribution in [3.8, 4) is 5.75 Å². The second kappa shape index (κ2) is 7.12. The highest BCUT2D eigenvalue weighted by atomic mass is 19.1. The molecule has 1 aliphatic carbocycles. The first kappa shape index (κ1) is 14.6. The fourth-order valence-corrected chi connectivity index (χ4v) is 2.54. The summed E-state index contributed by atoms with van der Waals surface area (Å²) in [6, 6.07) is 4.33. The van der Waals surface area contributed by atoms with Crippen LogP contribution >= 0.6 is 0 Å². The van der Waals surface area contributed by atoms with E-state index < -0.39 is 0 Å². The van der Waals surface area contributed by atoms with Crippen LogP contribution in [-0.2, 0) is 6.54 Å². The van der Waals surface area contributed by atoms with Crippen molar-refractivity contribution in [2.24, 2.45) is 0 Å². The molecule has 0 bridgehead atoms. The molecular weight excluding hydrogens is 259 g/mol. The summed E-state index contributed by atoms with van der Waals surface area (Å²) in [6.45, 7) is 0.249. The van der Waals surface area contributed by atoms with Crippen molar-refractivity contribution in [2.75, 3.05) is 7.11 Å². The Morgan fingerprint density at radius 1 is 1.35 bits per heavy atom. The smallest absolute Gasteiger partial charge is 0.315 e. The highest BCUT2D eigenvalue weighted by Crippen LogP contribution is 2.19. The SMILES string of the molecule is COc1ccc(F)cc1CNC(=O)NC1CCCCC1. The van der Waals surface area contributed by atoms with Crippen LogP contribution in [0.1, 0.15) is 37.7 Å². The number of urea groups is 1. The van der Waals surface area contributed by atoms with Gasteiger partial charge in [0.25, 0.3) is 0 Å². The van der Waals surface area contributed by atoms with Crippen molar-refractivity contribution in [2.45, 2.75) is 44.7 Å². The second-order valence-corrected chi connectivity index (χ2v) is 5.12. The molecule has 0 heterocycles. The van der Waals surface area contributed by atoms with Crippen LogP contribution in [0.3, 0.4) is 0 Å². The van der Waals surface area contributed by atoms with E-state index in [0.29, 0.717) is 11.3 Å². The molecule has 0 radical (unpaired) electrons. The topological polar surface area (TPSA) is 50.4 Å². The Morgan fingerprint density at radius 2 is 2.10 bits per heavy atom. The van der Waals surface area contributed by atoms with Gasteiger partial charge in [-0.05, 0) is 31.0 Å². The van der Waals surface area contributed by atoms with Gasteiger partial charge in [0.05, 0.1) is 7.11 Å². The molecule has 2 N–H and O–H groups in total. The number of rotatable bonds is 4. The van der Waals surface area contributed by atoms with Gasteiger partial charge in [0.15, 0.2) is 0 Å². The Morgan fingerprint density at radius 3 is 2.80 bits per heavy atom. The number of benzene rings is 1. The average molecular weight is 280 g/mol. The molecule has 110 valence electrons. The van der Waals surface area contributed by atoms with E-state index in [2.05, 4.69) is 10.6 Å². The van der Waals surface area contributed by atoms with Crippen LogP contribution in [-0.4, -0.2) is 19.2 Å². The number of halogens is 1. The molecule has 0 atom stereocenters. The van der Waals surface area contributed by atoms with Crippen molar-refractivity contribution in [1.29, 1.82) is 0 Å². The molecule has 1 saturated carbocycles. The molecule has 5 heteroatoms. The van der Waals surface area contributed by atoms with Gasteiger partial charge in [-0.3, -0.25) is 0 Å². The first-order valence-corrected chi connectivity index (χ1v) is 7.06. The zero-order chi connectivity index (χ0) is 14.4. The van der Waals surface area contributed by atoms with Crippen LogP contribution in [0.4, 0.5) is 9.18 Å². The van der Waals surface area contributed by atoms with Crippen molar-refractivity contribution in [1.82, 2.24) is 10.6 Å². The Hall–Kier alpha value is -1.78. The number of hydrogen-bond donors (Lipinski definition) is 2. The zero-order valence-electron chi connectivity index (χ0n) is 11.7. The maximum Gasteiger partial charge on any atom is 0.315 e. The number of methoxy groups -OCH3 is 1. The zero-order valence-corrected chi connectivity index (χ0v) is 11.7. The Bertz CT molecular complexity index is 459. The number of hydrogen-bond acceptors (Lipinski definition) is 2. The summed E-state index contributed by atoms with van der Waals surface area (Å²) in [5.74, 6) is 0.236. The van der Waals surface area contributed by atoms with E-state index in [0.717, 1.165) is 12.8 Å². The molecule has 4 nitrogen and oxygen atoms in total. The molecule has 2 amide bonds. The largest absolute Gasteiger partial charge is 0.496 e. The minimum atomic E-state index is -0.338. The first-order valence-electron chi connectivity index (χ1n) is 7.06. The highest BCUT2D eigenvalue weighted by Gasteiger charge is 2.15. The molecule has 0 saturated heterocycles. The van der Waals surface area contributed by atoms with Crippen molar-refractivity contribution in [3.63, 3.8) is 0 Å². The summed E-state index contributed by atoms with van der Waals surface area (Å²) in [4.78, 5) is 11.8. The van der Waals surface area contributed by atoms with Gasteiger partial charge in [-0.25, -0.2) is 9.18 Å². The average Bonchev–Trinajstić information content (AvgIpc) is 2.46. The number of amides is 2. The van der Waals surface area contributed by atoms with Gasteiger partial charge in [0, 0.05) is 18.2 Å². The van der Waals surface area contributed by atoms with E-state index in [1.165, 1.54) is 38.5 Å². The summed E-state index contributed by atoms with van der Waals surface area (Å²) in [5.41, 5.74) is 0.631. The molecular formula is C15H21FN2O2. The third-order valence-electron chi connectivity index (χ3n) is 3.62. The lowest BCUT2D eigenvalue weighted by Gasteiger charge is -2.23. The lowest BCUT2D eigenvalue weighted by Crippen LogP contribution is -2.42. The molecule has 0 aliphatic heterocycles. The van der Waals surface area contributed by atoms with E-state index in [-0.39, 0.29) is 24.4 Å². The second-order valence-electron chi connectivity index (χ2n) is 5.12. The molecule has 0 spiro atoms. The van der Waals surface area contributed by atoms with Crippen LogP contribution < -0.4 is 15.4 Å². The summed E-state index contributed by atoms with van der Waals surface area (Å²) in [5, 5.41) is 5.71. The normalized spacial score (nSPS) is 15.7. The van der Waals surface area contributed by atoms with E-state index in [1.54, 1.807) is 6.07 Å². The summed E-state index contributed by atoms with van der Waals surface area (Å²) < 4.78 is 18.3. The monoisotopic (exact) mass is 280 g/mol. The summed E-state index contributed by atoms with van der Waals surface area (Å²) >= 11 is 0. The lowest BCUT2D eigenvalue weighted by atomic mass is 9.96. The van der Waals surface area contributed by atoms with Gasteiger partial charge in [0.2, 0.25) is 0 Å². The molecule has 0 aromatic heterocycles. The third kappa shape index (κ3) is 4.11. The summed E-state index contributed by atoms with van der Waals surface area (Å²) in [6.07, 6.45) is 5.67.